The number of aryl methyl sites for hydroxylation is 1. The molecule has 0 aliphatic rings. The zero-order valence-electron chi connectivity index (χ0n) is 7.89. The molecule has 80 valence electrons. The zero-order chi connectivity index (χ0) is 10.6. The molecule has 1 aromatic rings. The van der Waals surface area contributed by atoms with Gasteiger partial charge in [-0.05, 0) is 6.42 Å². The van der Waals surface area contributed by atoms with Gasteiger partial charge < -0.3 is 11.1 Å². The van der Waals surface area contributed by atoms with E-state index in [4.69, 9.17) is 5.73 Å². The second kappa shape index (κ2) is 4.65. The summed E-state index contributed by atoms with van der Waals surface area (Å²) < 4.78 is 25.4. The molecular weight excluding hydrogens is 208 g/mol. The zero-order valence-corrected chi connectivity index (χ0v) is 8.70. The Balaban J connectivity index is 2.45. The lowest BCUT2D eigenvalue weighted by molar-refractivity contribution is 0.0254. The topological polar surface area (TPSA) is 50.9 Å². The Morgan fingerprint density at radius 2 is 2.36 bits per heavy atom. The average molecular weight is 221 g/mol. The summed E-state index contributed by atoms with van der Waals surface area (Å²) in [4.78, 5) is 4.10. The van der Waals surface area contributed by atoms with Crippen LogP contribution in [0.4, 0.5) is 13.9 Å². The van der Waals surface area contributed by atoms with Crippen molar-refractivity contribution in [1.29, 1.82) is 0 Å². The van der Waals surface area contributed by atoms with Gasteiger partial charge in [0.15, 0.2) is 5.13 Å². The maximum atomic E-state index is 12.7. The SMILES string of the molecule is CCc1csc(NCC(F)(F)CN)n1. The number of nitrogens with one attached hydrogen (secondary N) is 1. The van der Waals surface area contributed by atoms with Gasteiger partial charge in [0, 0.05) is 5.38 Å². The Kier molecular flexibility index (Phi) is 3.77. The molecule has 0 saturated carbocycles. The molecule has 3 nitrogen and oxygen atoms in total. The Bertz CT molecular complexity index is 288. The lowest BCUT2D eigenvalue weighted by atomic mass is 10.3. The van der Waals surface area contributed by atoms with Crippen LogP contribution < -0.4 is 11.1 Å². The van der Waals surface area contributed by atoms with Crippen LogP contribution in [0.5, 0.6) is 0 Å². The fourth-order valence-corrected chi connectivity index (χ4v) is 1.62. The molecule has 0 bridgehead atoms. The highest BCUT2D eigenvalue weighted by Gasteiger charge is 2.26. The highest BCUT2D eigenvalue weighted by atomic mass is 32.1. The quantitative estimate of drug-likeness (QED) is 0.795. The molecule has 1 heterocycles. The predicted octanol–water partition coefficient (Wildman–Crippen LogP) is 1.71. The van der Waals surface area contributed by atoms with Crippen LogP contribution in [-0.4, -0.2) is 24.0 Å². The van der Waals surface area contributed by atoms with Crippen LogP contribution in [0.15, 0.2) is 5.38 Å². The Morgan fingerprint density at radius 1 is 1.64 bits per heavy atom. The smallest absolute Gasteiger partial charge is 0.276 e. The average Bonchev–Trinajstić information content (AvgIpc) is 2.63. The molecule has 0 aliphatic carbocycles. The third-order valence-corrected chi connectivity index (χ3v) is 2.56. The second-order valence-corrected chi connectivity index (χ2v) is 3.77. The van der Waals surface area contributed by atoms with Gasteiger partial charge >= 0.3 is 0 Å². The number of thiazole rings is 1. The van der Waals surface area contributed by atoms with Crippen LogP contribution in [0.25, 0.3) is 0 Å². The third-order valence-electron chi connectivity index (χ3n) is 1.71. The first kappa shape index (κ1) is 11.3. The number of hydrogen-bond acceptors (Lipinski definition) is 4. The number of anilines is 1. The van der Waals surface area contributed by atoms with Gasteiger partial charge in [-0.2, -0.15) is 0 Å². The second-order valence-electron chi connectivity index (χ2n) is 2.91. The van der Waals surface area contributed by atoms with Gasteiger partial charge in [0.05, 0.1) is 18.8 Å². The summed E-state index contributed by atoms with van der Waals surface area (Å²) >= 11 is 1.33. The van der Waals surface area contributed by atoms with E-state index in [1.54, 1.807) is 0 Å². The number of alkyl halides is 2. The normalized spacial score (nSPS) is 11.7. The summed E-state index contributed by atoms with van der Waals surface area (Å²) in [6.07, 6.45) is 0.811. The van der Waals surface area contributed by atoms with Gasteiger partial charge in [-0.15, -0.1) is 11.3 Å². The van der Waals surface area contributed by atoms with E-state index in [1.165, 1.54) is 11.3 Å². The minimum Gasteiger partial charge on any atom is -0.355 e. The molecule has 14 heavy (non-hydrogen) atoms. The lowest BCUT2D eigenvalue weighted by Gasteiger charge is -2.13. The summed E-state index contributed by atoms with van der Waals surface area (Å²) in [6, 6.07) is 0. The van der Waals surface area contributed by atoms with Gasteiger partial charge in [-0.25, -0.2) is 13.8 Å². The molecule has 1 rings (SSSR count). The highest BCUT2D eigenvalue weighted by Crippen LogP contribution is 2.18. The molecular formula is C8H13F2N3S. The highest BCUT2D eigenvalue weighted by molar-refractivity contribution is 7.13. The third kappa shape index (κ3) is 3.19. The number of rotatable bonds is 5. The van der Waals surface area contributed by atoms with Crippen molar-refractivity contribution in [3.8, 4) is 0 Å². The Labute approximate surface area is 85.3 Å². The van der Waals surface area contributed by atoms with Crippen molar-refractivity contribution in [3.05, 3.63) is 11.1 Å². The van der Waals surface area contributed by atoms with Crippen LogP contribution in [0, 0.1) is 0 Å². The monoisotopic (exact) mass is 221 g/mol. The Hall–Kier alpha value is -0.750. The number of nitrogens with zero attached hydrogens (tertiary/aromatic N) is 1. The summed E-state index contributed by atoms with van der Waals surface area (Å²) in [6.45, 7) is 0.861. The van der Waals surface area contributed by atoms with Gasteiger partial charge in [-0.1, -0.05) is 6.92 Å². The molecule has 0 spiro atoms. The standard InChI is InChI=1S/C8H13F2N3S/c1-2-6-3-14-7(13-6)12-5-8(9,10)4-11/h3H,2,4-5,11H2,1H3,(H,12,13). The molecule has 1 aromatic heterocycles. The van der Waals surface area contributed by atoms with E-state index in [9.17, 15) is 8.78 Å². The molecule has 3 N–H and O–H groups in total. The molecule has 0 unspecified atom stereocenters. The first-order chi connectivity index (χ1) is 6.57. The first-order valence-electron chi connectivity index (χ1n) is 4.33. The fourth-order valence-electron chi connectivity index (χ4n) is 0.828. The van der Waals surface area contributed by atoms with E-state index in [2.05, 4.69) is 10.3 Å². The largest absolute Gasteiger partial charge is 0.355 e. The van der Waals surface area contributed by atoms with Crippen molar-refractivity contribution >= 4 is 16.5 Å². The summed E-state index contributed by atoms with van der Waals surface area (Å²) in [5, 5.41) is 4.94. The van der Waals surface area contributed by atoms with Crippen LogP contribution in [0.1, 0.15) is 12.6 Å². The molecule has 0 saturated heterocycles. The van der Waals surface area contributed by atoms with Crippen molar-refractivity contribution in [1.82, 2.24) is 4.98 Å². The number of hydrogen-bond donors (Lipinski definition) is 2. The summed E-state index contributed by atoms with van der Waals surface area (Å²) in [5.41, 5.74) is 5.81. The Morgan fingerprint density at radius 3 is 2.86 bits per heavy atom. The summed E-state index contributed by atoms with van der Waals surface area (Å²) in [5.74, 6) is -2.86. The van der Waals surface area contributed by atoms with Crippen LogP contribution in [0.2, 0.25) is 0 Å². The lowest BCUT2D eigenvalue weighted by Crippen LogP contribution is -2.35. The first-order valence-corrected chi connectivity index (χ1v) is 5.21. The van der Waals surface area contributed by atoms with E-state index < -0.39 is 19.0 Å². The fraction of sp³-hybridized carbons (Fsp3) is 0.625. The van der Waals surface area contributed by atoms with Gasteiger partial charge in [0.2, 0.25) is 0 Å². The van der Waals surface area contributed by atoms with Crippen molar-refractivity contribution < 1.29 is 8.78 Å². The molecule has 0 amide bonds. The molecule has 6 heteroatoms. The van der Waals surface area contributed by atoms with Gasteiger partial charge in [-0.3, -0.25) is 0 Å². The van der Waals surface area contributed by atoms with E-state index in [0.717, 1.165) is 12.1 Å². The molecule has 0 atom stereocenters. The van der Waals surface area contributed by atoms with E-state index in [-0.39, 0.29) is 0 Å². The molecule has 0 aromatic carbocycles. The molecule has 0 fully saturated rings. The van der Waals surface area contributed by atoms with E-state index in [0.29, 0.717) is 5.13 Å². The van der Waals surface area contributed by atoms with Crippen LogP contribution in [0.3, 0.4) is 0 Å². The van der Waals surface area contributed by atoms with Crippen molar-refractivity contribution in [2.24, 2.45) is 5.73 Å². The number of halogens is 2. The van der Waals surface area contributed by atoms with E-state index in [1.807, 2.05) is 12.3 Å². The predicted molar refractivity (Wildman–Crippen MR) is 54.0 cm³/mol. The van der Waals surface area contributed by atoms with E-state index >= 15 is 0 Å². The summed E-state index contributed by atoms with van der Waals surface area (Å²) in [7, 11) is 0. The molecule has 0 radical (unpaired) electrons. The maximum Gasteiger partial charge on any atom is 0.276 e. The van der Waals surface area contributed by atoms with Crippen molar-refractivity contribution in [2.45, 2.75) is 19.3 Å². The van der Waals surface area contributed by atoms with Crippen molar-refractivity contribution in [3.63, 3.8) is 0 Å². The van der Waals surface area contributed by atoms with Crippen LogP contribution >= 0.6 is 11.3 Å². The van der Waals surface area contributed by atoms with Crippen molar-refractivity contribution in [2.75, 3.05) is 18.4 Å². The number of nitrogens with two attached hydrogens (primary N) is 1. The van der Waals surface area contributed by atoms with Crippen LogP contribution in [-0.2, 0) is 6.42 Å². The van der Waals surface area contributed by atoms with Gasteiger partial charge in [0.1, 0.15) is 0 Å². The minimum atomic E-state index is -2.86. The van der Waals surface area contributed by atoms with Gasteiger partial charge in [0.25, 0.3) is 5.92 Å². The minimum absolute atomic E-state index is 0.458. The maximum absolute atomic E-state index is 12.7. The number of aromatic nitrogens is 1. The molecule has 0 aliphatic heterocycles.